The Balaban J connectivity index is 1.84. The highest BCUT2D eigenvalue weighted by Gasteiger charge is 2.28. The first-order valence-electron chi connectivity index (χ1n) is 6.48. The first-order valence-corrected chi connectivity index (χ1v) is 7.23. The van der Waals surface area contributed by atoms with Gasteiger partial charge in [0.25, 0.3) is 0 Å². The van der Waals surface area contributed by atoms with Gasteiger partial charge in [-0.1, -0.05) is 29.3 Å². The molecule has 0 bridgehead atoms. The molecule has 2 atom stereocenters. The number of fused-ring (bicyclic) bond motifs is 1. The SMILES string of the molecule is Clc1cc(C2=CCC3CCCNC3C2)cnc1Cl. The predicted octanol–water partition coefficient (Wildman–Crippen LogP) is 3.93. The molecule has 0 amide bonds. The van der Waals surface area contributed by atoms with Gasteiger partial charge in [0.1, 0.15) is 5.15 Å². The largest absolute Gasteiger partial charge is 0.313 e. The zero-order valence-corrected chi connectivity index (χ0v) is 11.6. The lowest BCUT2D eigenvalue weighted by Crippen LogP contribution is -2.42. The van der Waals surface area contributed by atoms with E-state index in [1.807, 2.05) is 12.3 Å². The molecule has 1 aliphatic carbocycles. The molecule has 1 fully saturated rings. The van der Waals surface area contributed by atoms with E-state index >= 15 is 0 Å². The second-order valence-corrected chi connectivity index (χ2v) is 5.89. The molecule has 2 nitrogen and oxygen atoms in total. The van der Waals surface area contributed by atoms with E-state index in [0.29, 0.717) is 16.2 Å². The predicted molar refractivity (Wildman–Crippen MR) is 76.0 cm³/mol. The zero-order valence-electron chi connectivity index (χ0n) is 10.1. The maximum Gasteiger partial charge on any atom is 0.147 e. The van der Waals surface area contributed by atoms with Crippen molar-refractivity contribution in [3.05, 3.63) is 34.1 Å². The molecule has 18 heavy (non-hydrogen) atoms. The summed E-state index contributed by atoms with van der Waals surface area (Å²) in [5, 5.41) is 4.54. The number of nitrogens with zero attached hydrogens (tertiary/aromatic N) is 1. The Bertz CT molecular complexity index is 485. The molecule has 96 valence electrons. The number of hydrogen-bond donors (Lipinski definition) is 1. The molecule has 0 radical (unpaired) electrons. The molecule has 1 saturated heterocycles. The van der Waals surface area contributed by atoms with Crippen LogP contribution in [0.25, 0.3) is 5.57 Å². The van der Waals surface area contributed by atoms with Crippen molar-refractivity contribution in [1.29, 1.82) is 0 Å². The van der Waals surface area contributed by atoms with Crippen molar-refractivity contribution in [2.45, 2.75) is 31.7 Å². The summed E-state index contributed by atoms with van der Waals surface area (Å²) in [5.74, 6) is 0.804. The monoisotopic (exact) mass is 282 g/mol. The van der Waals surface area contributed by atoms with Gasteiger partial charge in [-0.05, 0) is 55.3 Å². The minimum Gasteiger partial charge on any atom is -0.313 e. The molecule has 4 heteroatoms. The van der Waals surface area contributed by atoms with Gasteiger partial charge in [0.2, 0.25) is 0 Å². The van der Waals surface area contributed by atoms with E-state index in [1.165, 1.54) is 18.4 Å². The normalized spacial score (nSPS) is 27.6. The Morgan fingerprint density at radius 2 is 2.22 bits per heavy atom. The molecule has 1 aromatic rings. The summed E-state index contributed by atoms with van der Waals surface area (Å²) in [6, 6.07) is 2.54. The summed E-state index contributed by atoms with van der Waals surface area (Å²) in [7, 11) is 0. The van der Waals surface area contributed by atoms with Crippen molar-refractivity contribution < 1.29 is 0 Å². The minimum absolute atomic E-state index is 0.380. The van der Waals surface area contributed by atoms with Crippen LogP contribution in [0.4, 0.5) is 0 Å². The molecule has 2 aliphatic rings. The molecule has 0 saturated carbocycles. The quantitative estimate of drug-likeness (QED) is 0.790. The van der Waals surface area contributed by atoms with Crippen molar-refractivity contribution >= 4 is 28.8 Å². The Hall–Kier alpha value is -0.570. The highest BCUT2D eigenvalue weighted by Crippen LogP contribution is 2.35. The average Bonchev–Trinajstić information content (AvgIpc) is 2.41. The van der Waals surface area contributed by atoms with Gasteiger partial charge in [-0.2, -0.15) is 0 Å². The first kappa shape index (κ1) is 12.5. The lowest BCUT2D eigenvalue weighted by molar-refractivity contribution is 0.278. The van der Waals surface area contributed by atoms with E-state index in [9.17, 15) is 0 Å². The average molecular weight is 283 g/mol. The van der Waals surface area contributed by atoms with Gasteiger partial charge in [-0.25, -0.2) is 4.98 Å². The second-order valence-electron chi connectivity index (χ2n) is 5.13. The minimum atomic E-state index is 0.380. The summed E-state index contributed by atoms with van der Waals surface area (Å²) in [6.07, 6.45) is 9.05. The van der Waals surface area contributed by atoms with Gasteiger partial charge >= 0.3 is 0 Å². The number of aromatic nitrogens is 1. The fourth-order valence-corrected chi connectivity index (χ4v) is 3.26. The van der Waals surface area contributed by atoms with Crippen LogP contribution in [-0.4, -0.2) is 17.6 Å². The van der Waals surface area contributed by atoms with Gasteiger partial charge < -0.3 is 5.32 Å². The van der Waals surface area contributed by atoms with Gasteiger partial charge in [0, 0.05) is 12.2 Å². The summed E-state index contributed by atoms with van der Waals surface area (Å²) in [4.78, 5) is 4.13. The van der Waals surface area contributed by atoms with E-state index in [0.717, 1.165) is 30.9 Å². The molecule has 3 rings (SSSR count). The molecule has 1 N–H and O–H groups in total. The summed E-state index contributed by atoms with van der Waals surface area (Å²) in [5.41, 5.74) is 2.45. The Kier molecular flexibility index (Phi) is 3.60. The molecule has 0 spiro atoms. The number of allylic oxidation sites excluding steroid dienone is 1. The topological polar surface area (TPSA) is 24.9 Å². The molecule has 1 aliphatic heterocycles. The van der Waals surface area contributed by atoms with E-state index in [1.54, 1.807) is 0 Å². The van der Waals surface area contributed by atoms with E-state index in [4.69, 9.17) is 23.2 Å². The van der Waals surface area contributed by atoms with Crippen LogP contribution in [0.2, 0.25) is 10.2 Å². The van der Waals surface area contributed by atoms with Crippen LogP contribution in [0.3, 0.4) is 0 Å². The van der Waals surface area contributed by atoms with Crippen LogP contribution >= 0.6 is 23.2 Å². The van der Waals surface area contributed by atoms with Crippen LogP contribution in [-0.2, 0) is 0 Å². The van der Waals surface area contributed by atoms with Crippen LogP contribution in [0.15, 0.2) is 18.3 Å². The third-order valence-corrected chi connectivity index (χ3v) is 4.69. The molecule has 0 aromatic carbocycles. The van der Waals surface area contributed by atoms with Gasteiger partial charge in [-0.3, -0.25) is 0 Å². The summed E-state index contributed by atoms with van der Waals surface area (Å²) in [6.45, 7) is 1.15. The maximum absolute atomic E-state index is 6.03. The number of hydrogen-bond acceptors (Lipinski definition) is 2. The number of piperidine rings is 1. The van der Waals surface area contributed by atoms with Crippen LogP contribution in [0.5, 0.6) is 0 Å². The Morgan fingerprint density at radius 3 is 3.06 bits per heavy atom. The Morgan fingerprint density at radius 1 is 1.33 bits per heavy atom. The lowest BCUT2D eigenvalue weighted by Gasteiger charge is -2.36. The van der Waals surface area contributed by atoms with Gasteiger partial charge in [-0.15, -0.1) is 0 Å². The smallest absolute Gasteiger partial charge is 0.147 e. The number of nitrogens with one attached hydrogen (secondary N) is 1. The highest BCUT2D eigenvalue weighted by atomic mass is 35.5. The second kappa shape index (κ2) is 5.20. The third-order valence-electron chi connectivity index (χ3n) is 4.00. The van der Waals surface area contributed by atoms with Crippen molar-refractivity contribution in [3.8, 4) is 0 Å². The van der Waals surface area contributed by atoms with E-state index < -0.39 is 0 Å². The van der Waals surface area contributed by atoms with Gasteiger partial charge in [0.05, 0.1) is 5.02 Å². The van der Waals surface area contributed by atoms with E-state index in [-0.39, 0.29) is 0 Å². The maximum atomic E-state index is 6.03. The molecular formula is C14H16Cl2N2. The fourth-order valence-electron chi connectivity index (χ4n) is 2.99. The Labute approximate surface area is 117 Å². The summed E-state index contributed by atoms with van der Waals surface area (Å²) >= 11 is 11.9. The molecular weight excluding hydrogens is 267 g/mol. The lowest BCUT2D eigenvalue weighted by atomic mass is 9.78. The third kappa shape index (κ3) is 2.42. The zero-order chi connectivity index (χ0) is 12.5. The van der Waals surface area contributed by atoms with Crippen molar-refractivity contribution in [2.75, 3.05) is 6.54 Å². The molecule has 2 unspecified atom stereocenters. The summed E-state index contributed by atoms with van der Waals surface area (Å²) < 4.78 is 0. The van der Waals surface area contributed by atoms with Crippen molar-refractivity contribution in [1.82, 2.24) is 10.3 Å². The van der Waals surface area contributed by atoms with Crippen molar-refractivity contribution in [2.24, 2.45) is 5.92 Å². The number of pyridine rings is 1. The molecule has 2 heterocycles. The van der Waals surface area contributed by atoms with Gasteiger partial charge in [0.15, 0.2) is 0 Å². The first-order chi connectivity index (χ1) is 8.74. The molecule has 1 aromatic heterocycles. The fraction of sp³-hybridized carbons (Fsp3) is 0.500. The van der Waals surface area contributed by atoms with E-state index in [2.05, 4.69) is 16.4 Å². The standard InChI is InChI=1S/C14H16Cl2N2/c15-12-6-11(8-18-14(12)16)10-4-3-9-2-1-5-17-13(9)7-10/h4,6,8-9,13,17H,1-3,5,7H2. The van der Waals surface area contributed by atoms with Crippen LogP contribution in [0.1, 0.15) is 31.2 Å². The van der Waals surface area contributed by atoms with Crippen LogP contribution < -0.4 is 5.32 Å². The number of rotatable bonds is 1. The van der Waals surface area contributed by atoms with Crippen molar-refractivity contribution in [3.63, 3.8) is 0 Å². The van der Waals surface area contributed by atoms with Crippen LogP contribution in [0, 0.1) is 5.92 Å². The highest BCUT2D eigenvalue weighted by molar-refractivity contribution is 6.41. The number of halogens is 2.